The Morgan fingerprint density at radius 3 is 2.44 bits per heavy atom. The summed E-state index contributed by atoms with van der Waals surface area (Å²) in [6.07, 6.45) is 5.47. The van der Waals surface area contributed by atoms with Crippen molar-refractivity contribution in [2.24, 2.45) is 0 Å². The molecule has 130 valence electrons. The minimum atomic E-state index is 0.00552. The highest BCUT2D eigenvalue weighted by Crippen LogP contribution is 2.32. The molecule has 0 atom stereocenters. The van der Waals surface area contributed by atoms with E-state index in [0.717, 1.165) is 29.8 Å². The van der Waals surface area contributed by atoms with Gasteiger partial charge in [0.2, 0.25) is 0 Å². The second kappa shape index (κ2) is 8.30. The van der Waals surface area contributed by atoms with Crippen LogP contribution in [0, 0.1) is 0 Å². The Labute approximate surface area is 153 Å². The van der Waals surface area contributed by atoms with Crippen molar-refractivity contribution in [3.63, 3.8) is 0 Å². The molecule has 0 aliphatic rings. The zero-order valence-corrected chi connectivity index (χ0v) is 15.8. The lowest BCUT2D eigenvalue weighted by molar-refractivity contribution is 0.103. The molecule has 2 aromatic carbocycles. The highest BCUT2D eigenvalue weighted by molar-refractivity contribution is 7.21. The van der Waals surface area contributed by atoms with E-state index in [-0.39, 0.29) is 5.91 Å². The molecular weight excluding hydrogens is 326 g/mol. The molecule has 0 radical (unpaired) electrons. The van der Waals surface area contributed by atoms with Gasteiger partial charge in [0.1, 0.15) is 0 Å². The molecule has 1 amide bonds. The summed E-state index contributed by atoms with van der Waals surface area (Å²) in [7, 11) is 0. The largest absolute Gasteiger partial charge is 0.321 e. The minimum absolute atomic E-state index is 0.00552. The van der Waals surface area contributed by atoms with Crippen LogP contribution in [0.25, 0.3) is 10.1 Å². The van der Waals surface area contributed by atoms with Crippen LogP contribution in [-0.2, 0) is 12.8 Å². The smallest absolute Gasteiger partial charge is 0.266 e. The van der Waals surface area contributed by atoms with Crippen LogP contribution in [0.15, 0.2) is 48.5 Å². The first-order valence-corrected chi connectivity index (χ1v) is 9.95. The molecule has 1 N–H and O–H groups in total. The summed E-state index contributed by atoms with van der Waals surface area (Å²) in [5.41, 5.74) is 3.37. The molecule has 0 fully saturated rings. The van der Waals surface area contributed by atoms with E-state index in [2.05, 4.69) is 43.4 Å². The maximum Gasteiger partial charge on any atom is 0.266 e. The van der Waals surface area contributed by atoms with Crippen molar-refractivity contribution < 1.29 is 4.79 Å². The lowest BCUT2D eigenvalue weighted by Crippen LogP contribution is -2.12. The molecule has 1 aromatic heterocycles. The summed E-state index contributed by atoms with van der Waals surface area (Å²) in [4.78, 5) is 13.7. The van der Waals surface area contributed by atoms with Crippen LogP contribution in [-0.4, -0.2) is 5.91 Å². The number of carbonyl (C=O) groups excluding carboxylic acids is 1. The maximum absolute atomic E-state index is 12.8. The van der Waals surface area contributed by atoms with Crippen LogP contribution in [0.5, 0.6) is 0 Å². The third-order valence-electron chi connectivity index (χ3n) is 4.44. The number of thiophene rings is 1. The molecule has 0 unspecified atom stereocenters. The van der Waals surface area contributed by atoms with Crippen LogP contribution in [0.2, 0.25) is 0 Å². The van der Waals surface area contributed by atoms with Gasteiger partial charge in [-0.15, -0.1) is 11.3 Å². The average molecular weight is 352 g/mol. The fraction of sp³-hybridized carbons (Fsp3) is 0.318. The zero-order valence-electron chi connectivity index (χ0n) is 15.0. The number of hydrogen-bond acceptors (Lipinski definition) is 2. The van der Waals surface area contributed by atoms with Crippen molar-refractivity contribution in [2.45, 2.75) is 46.0 Å². The molecular formula is C22H25NOS. The molecule has 3 aromatic rings. The van der Waals surface area contributed by atoms with E-state index in [4.69, 9.17) is 0 Å². The summed E-state index contributed by atoms with van der Waals surface area (Å²) in [6.45, 7) is 4.36. The van der Waals surface area contributed by atoms with Crippen molar-refractivity contribution >= 4 is 33.0 Å². The SMILES string of the molecule is CCCCc1ccc(NC(=O)c2sc3ccccc3c2CCC)cc1. The third-order valence-corrected chi connectivity index (χ3v) is 5.65. The minimum Gasteiger partial charge on any atom is -0.321 e. The summed E-state index contributed by atoms with van der Waals surface area (Å²) in [6, 6.07) is 16.5. The number of unbranched alkanes of at least 4 members (excludes halogenated alkanes) is 1. The van der Waals surface area contributed by atoms with Gasteiger partial charge in [-0.3, -0.25) is 4.79 Å². The molecule has 0 saturated carbocycles. The summed E-state index contributed by atoms with van der Waals surface area (Å²) in [5.74, 6) is 0.00552. The Morgan fingerprint density at radius 2 is 1.72 bits per heavy atom. The standard InChI is InChI=1S/C22H25NOS/c1-3-5-9-16-12-14-17(15-13-16)23-22(24)21-19(8-4-2)18-10-6-7-11-20(18)25-21/h6-7,10-15H,3-5,8-9H2,1-2H3,(H,23,24). The quantitative estimate of drug-likeness (QED) is 0.521. The molecule has 3 rings (SSSR count). The van der Waals surface area contributed by atoms with Gasteiger partial charge in [0, 0.05) is 10.4 Å². The van der Waals surface area contributed by atoms with E-state index < -0.39 is 0 Å². The highest BCUT2D eigenvalue weighted by atomic mass is 32.1. The normalized spacial score (nSPS) is 11.0. The lowest BCUT2D eigenvalue weighted by Gasteiger charge is -2.07. The first-order valence-electron chi connectivity index (χ1n) is 9.13. The Hall–Kier alpha value is -2.13. The van der Waals surface area contributed by atoms with Crippen molar-refractivity contribution in [3.05, 3.63) is 64.5 Å². The van der Waals surface area contributed by atoms with Crippen LogP contribution >= 0.6 is 11.3 Å². The highest BCUT2D eigenvalue weighted by Gasteiger charge is 2.17. The van der Waals surface area contributed by atoms with Crippen LogP contribution in [0.1, 0.15) is 53.9 Å². The molecule has 0 aliphatic carbocycles. The van der Waals surface area contributed by atoms with E-state index in [1.807, 2.05) is 24.3 Å². The Balaban J connectivity index is 1.81. The van der Waals surface area contributed by atoms with E-state index in [1.54, 1.807) is 11.3 Å². The molecule has 25 heavy (non-hydrogen) atoms. The summed E-state index contributed by atoms with van der Waals surface area (Å²) in [5, 5.41) is 4.29. The van der Waals surface area contributed by atoms with Crippen molar-refractivity contribution in [1.82, 2.24) is 0 Å². The van der Waals surface area contributed by atoms with Gasteiger partial charge in [-0.25, -0.2) is 0 Å². The number of rotatable bonds is 7. The first kappa shape index (κ1) is 17.7. The van der Waals surface area contributed by atoms with E-state index >= 15 is 0 Å². The van der Waals surface area contributed by atoms with Gasteiger partial charge in [0.05, 0.1) is 4.88 Å². The molecule has 2 nitrogen and oxygen atoms in total. The lowest BCUT2D eigenvalue weighted by atomic mass is 10.1. The third kappa shape index (κ3) is 4.10. The van der Waals surface area contributed by atoms with Gasteiger partial charge in [0.15, 0.2) is 0 Å². The molecule has 3 heteroatoms. The first-order chi connectivity index (χ1) is 12.2. The van der Waals surface area contributed by atoms with Crippen molar-refractivity contribution in [3.8, 4) is 0 Å². The van der Waals surface area contributed by atoms with Gasteiger partial charge in [-0.2, -0.15) is 0 Å². The predicted molar refractivity (Wildman–Crippen MR) is 109 cm³/mol. The fourth-order valence-electron chi connectivity index (χ4n) is 3.10. The fourth-order valence-corrected chi connectivity index (χ4v) is 4.25. The Kier molecular flexibility index (Phi) is 5.87. The molecule has 0 aliphatic heterocycles. The molecule has 0 bridgehead atoms. The molecule has 0 saturated heterocycles. The Bertz CT molecular complexity index is 848. The number of fused-ring (bicyclic) bond motifs is 1. The van der Waals surface area contributed by atoms with Crippen molar-refractivity contribution in [1.29, 1.82) is 0 Å². The van der Waals surface area contributed by atoms with Gasteiger partial charge in [0.25, 0.3) is 5.91 Å². The second-order valence-electron chi connectivity index (χ2n) is 6.41. The number of benzene rings is 2. The average Bonchev–Trinajstić information content (AvgIpc) is 3.00. The van der Waals surface area contributed by atoms with E-state index in [9.17, 15) is 4.79 Å². The number of aryl methyl sites for hydroxylation is 2. The molecule has 1 heterocycles. The monoisotopic (exact) mass is 351 g/mol. The number of carbonyl (C=O) groups is 1. The maximum atomic E-state index is 12.8. The van der Waals surface area contributed by atoms with Gasteiger partial charge < -0.3 is 5.32 Å². The summed E-state index contributed by atoms with van der Waals surface area (Å²) < 4.78 is 1.19. The number of anilines is 1. The van der Waals surface area contributed by atoms with Crippen LogP contribution < -0.4 is 5.32 Å². The topological polar surface area (TPSA) is 29.1 Å². The van der Waals surface area contributed by atoms with Crippen molar-refractivity contribution in [2.75, 3.05) is 5.32 Å². The zero-order chi connectivity index (χ0) is 17.6. The van der Waals surface area contributed by atoms with Gasteiger partial charge in [-0.1, -0.05) is 57.0 Å². The number of hydrogen-bond donors (Lipinski definition) is 1. The number of nitrogens with one attached hydrogen (secondary N) is 1. The second-order valence-corrected chi connectivity index (χ2v) is 7.46. The van der Waals surface area contributed by atoms with Gasteiger partial charge >= 0.3 is 0 Å². The Morgan fingerprint density at radius 1 is 0.960 bits per heavy atom. The predicted octanol–water partition coefficient (Wildman–Crippen LogP) is 6.45. The van der Waals surface area contributed by atoms with E-state index in [0.29, 0.717) is 0 Å². The number of amides is 1. The van der Waals surface area contributed by atoms with E-state index in [1.165, 1.54) is 34.1 Å². The van der Waals surface area contributed by atoms with Gasteiger partial charge in [-0.05, 0) is 54.0 Å². The van der Waals surface area contributed by atoms with Crippen LogP contribution in [0.4, 0.5) is 5.69 Å². The summed E-state index contributed by atoms with van der Waals surface area (Å²) >= 11 is 1.59. The van der Waals surface area contributed by atoms with Crippen LogP contribution in [0.3, 0.4) is 0 Å². The molecule has 0 spiro atoms.